The van der Waals surface area contributed by atoms with Gasteiger partial charge in [0, 0.05) is 5.39 Å². The molecule has 5 nitrogen and oxygen atoms in total. The lowest BCUT2D eigenvalue weighted by molar-refractivity contribution is 0.111. The maximum Gasteiger partial charge on any atom is 0.172 e. The van der Waals surface area contributed by atoms with Crippen molar-refractivity contribution >= 4 is 17.1 Å². The molecule has 0 aliphatic rings. The van der Waals surface area contributed by atoms with Crippen LogP contribution >= 0.6 is 0 Å². The van der Waals surface area contributed by atoms with Crippen LogP contribution in [0.1, 0.15) is 29.5 Å². The Bertz CT molecular complexity index is 806. The Morgan fingerprint density at radius 3 is 2.83 bits per heavy atom. The van der Waals surface area contributed by atoms with Gasteiger partial charge in [0.15, 0.2) is 6.29 Å². The van der Waals surface area contributed by atoms with Crippen LogP contribution in [0, 0.1) is 0 Å². The highest BCUT2D eigenvalue weighted by Crippen LogP contribution is 2.25. The topological polar surface area (TPSA) is 57.0 Å². The highest BCUT2D eigenvalue weighted by molar-refractivity contribution is 5.88. The molecule has 0 atom stereocenters. The Kier molecular flexibility index (Phi) is 4.66. The summed E-state index contributed by atoms with van der Waals surface area (Å²) in [5, 5.41) is 10.2. The first kappa shape index (κ1) is 15.2. The van der Waals surface area contributed by atoms with Gasteiger partial charge in [-0.2, -0.15) is 0 Å². The molecule has 0 spiro atoms. The van der Waals surface area contributed by atoms with Crippen LogP contribution in [0.25, 0.3) is 10.8 Å². The number of carbonyl (C=O) groups is 1. The monoisotopic (exact) mass is 309 g/mol. The molecule has 0 bridgehead atoms. The second kappa shape index (κ2) is 7.05. The van der Waals surface area contributed by atoms with Crippen molar-refractivity contribution in [2.24, 2.45) is 0 Å². The van der Waals surface area contributed by atoms with Crippen LogP contribution < -0.4 is 4.74 Å². The van der Waals surface area contributed by atoms with E-state index in [0.29, 0.717) is 18.8 Å². The molecule has 0 fully saturated rings. The van der Waals surface area contributed by atoms with Crippen molar-refractivity contribution in [1.82, 2.24) is 15.0 Å². The van der Waals surface area contributed by atoms with Crippen molar-refractivity contribution in [1.29, 1.82) is 0 Å². The smallest absolute Gasteiger partial charge is 0.172 e. The number of nitrogens with zero attached hydrogens (tertiary/aromatic N) is 3. The third-order valence-corrected chi connectivity index (χ3v) is 3.78. The quantitative estimate of drug-likeness (QED) is 0.629. The second-order valence-corrected chi connectivity index (χ2v) is 5.34. The van der Waals surface area contributed by atoms with E-state index in [1.807, 2.05) is 30.3 Å². The molecule has 0 amide bonds. The second-order valence-electron chi connectivity index (χ2n) is 5.34. The van der Waals surface area contributed by atoms with Crippen LogP contribution in [0.15, 0.2) is 42.5 Å². The minimum Gasteiger partial charge on any atom is -0.491 e. The van der Waals surface area contributed by atoms with Gasteiger partial charge in [-0.15, -0.1) is 5.10 Å². The zero-order valence-corrected chi connectivity index (χ0v) is 13.1. The van der Waals surface area contributed by atoms with E-state index >= 15 is 0 Å². The van der Waals surface area contributed by atoms with Gasteiger partial charge in [-0.3, -0.25) is 4.79 Å². The number of aldehydes is 1. The molecular weight excluding hydrogens is 290 g/mol. The molecule has 1 heterocycles. The Balaban J connectivity index is 1.72. The third-order valence-electron chi connectivity index (χ3n) is 3.78. The van der Waals surface area contributed by atoms with Crippen LogP contribution in [0.3, 0.4) is 0 Å². The molecule has 2 aromatic carbocycles. The molecule has 118 valence electrons. The number of carbonyl (C=O) groups excluding carboxylic acids is 1. The fraction of sp³-hybridized carbons (Fsp3) is 0.278. The predicted octanol–water partition coefficient (Wildman–Crippen LogP) is 3.28. The largest absolute Gasteiger partial charge is 0.491 e. The van der Waals surface area contributed by atoms with Crippen molar-refractivity contribution in [2.45, 2.75) is 26.3 Å². The highest BCUT2D eigenvalue weighted by atomic mass is 16.5. The molecule has 3 aromatic rings. The molecular formula is C18H19N3O2. The van der Waals surface area contributed by atoms with Gasteiger partial charge in [0.05, 0.1) is 12.2 Å². The number of hydrogen-bond acceptors (Lipinski definition) is 4. The summed E-state index contributed by atoms with van der Waals surface area (Å²) in [5.74, 6) is 0.857. The molecule has 1 aromatic heterocycles. The van der Waals surface area contributed by atoms with Gasteiger partial charge in [-0.05, 0) is 17.9 Å². The fourth-order valence-corrected chi connectivity index (χ4v) is 2.67. The first-order valence-corrected chi connectivity index (χ1v) is 7.81. The van der Waals surface area contributed by atoms with Gasteiger partial charge in [-0.25, -0.2) is 4.68 Å². The van der Waals surface area contributed by atoms with Crippen molar-refractivity contribution in [2.75, 3.05) is 6.61 Å². The lowest BCUT2D eigenvalue weighted by Crippen LogP contribution is -2.13. The molecule has 0 aliphatic heterocycles. The number of benzene rings is 2. The van der Waals surface area contributed by atoms with Gasteiger partial charge < -0.3 is 4.74 Å². The number of aromatic nitrogens is 3. The van der Waals surface area contributed by atoms with E-state index in [1.54, 1.807) is 4.68 Å². The highest BCUT2D eigenvalue weighted by Gasteiger charge is 2.11. The Morgan fingerprint density at radius 1 is 1.17 bits per heavy atom. The van der Waals surface area contributed by atoms with Crippen LogP contribution in [0.5, 0.6) is 5.75 Å². The van der Waals surface area contributed by atoms with E-state index < -0.39 is 0 Å². The molecule has 0 saturated heterocycles. The number of hydrogen-bond donors (Lipinski definition) is 0. The Hall–Kier alpha value is -2.69. The summed E-state index contributed by atoms with van der Waals surface area (Å²) in [7, 11) is 0. The van der Waals surface area contributed by atoms with Crippen molar-refractivity contribution in [3.8, 4) is 5.75 Å². The Morgan fingerprint density at radius 2 is 2.00 bits per heavy atom. The molecule has 0 N–H and O–H groups in total. The van der Waals surface area contributed by atoms with E-state index in [9.17, 15) is 4.79 Å². The summed E-state index contributed by atoms with van der Waals surface area (Å²) in [6.45, 7) is 3.12. The standard InChI is InChI=1S/C18H19N3O2/c1-2-6-17-16(13-22)19-20-21(17)11-12-23-18-10-5-8-14-7-3-4-9-15(14)18/h3-5,7-10,13H,2,6,11-12H2,1H3. The lowest BCUT2D eigenvalue weighted by atomic mass is 10.1. The van der Waals surface area contributed by atoms with E-state index in [0.717, 1.165) is 41.3 Å². The van der Waals surface area contributed by atoms with Crippen LogP contribution in [0.4, 0.5) is 0 Å². The van der Waals surface area contributed by atoms with Crippen LogP contribution in [0.2, 0.25) is 0 Å². The van der Waals surface area contributed by atoms with Gasteiger partial charge in [-0.1, -0.05) is 55.0 Å². The minimum atomic E-state index is 0.428. The third kappa shape index (κ3) is 3.23. The first-order chi connectivity index (χ1) is 11.3. The maximum absolute atomic E-state index is 11.0. The van der Waals surface area contributed by atoms with Crippen molar-refractivity contribution in [3.05, 3.63) is 53.9 Å². The normalized spacial score (nSPS) is 10.8. The number of ether oxygens (including phenoxy) is 1. The van der Waals surface area contributed by atoms with Crippen molar-refractivity contribution in [3.63, 3.8) is 0 Å². The summed E-state index contributed by atoms with van der Waals surface area (Å²) in [5.41, 5.74) is 1.31. The van der Waals surface area contributed by atoms with E-state index in [2.05, 4.69) is 29.4 Å². The average Bonchev–Trinajstić information content (AvgIpc) is 2.97. The molecule has 3 rings (SSSR count). The number of rotatable bonds is 7. The molecule has 23 heavy (non-hydrogen) atoms. The van der Waals surface area contributed by atoms with Gasteiger partial charge in [0.2, 0.25) is 0 Å². The predicted molar refractivity (Wildman–Crippen MR) is 88.8 cm³/mol. The lowest BCUT2D eigenvalue weighted by Gasteiger charge is -2.10. The van der Waals surface area contributed by atoms with Crippen LogP contribution in [-0.4, -0.2) is 27.9 Å². The van der Waals surface area contributed by atoms with Gasteiger partial charge in [0.25, 0.3) is 0 Å². The minimum absolute atomic E-state index is 0.428. The Labute approximate surface area is 134 Å². The van der Waals surface area contributed by atoms with Gasteiger partial charge >= 0.3 is 0 Å². The summed E-state index contributed by atoms with van der Waals surface area (Å²) in [4.78, 5) is 11.0. The van der Waals surface area contributed by atoms with E-state index in [-0.39, 0.29) is 0 Å². The number of fused-ring (bicyclic) bond motifs is 1. The summed E-state index contributed by atoms with van der Waals surface area (Å²) >= 11 is 0. The summed E-state index contributed by atoms with van der Waals surface area (Å²) < 4.78 is 7.68. The van der Waals surface area contributed by atoms with Gasteiger partial charge in [0.1, 0.15) is 18.1 Å². The van der Waals surface area contributed by atoms with Crippen LogP contribution in [-0.2, 0) is 13.0 Å². The van der Waals surface area contributed by atoms with E-state index in [1.165, 1.54) is 0 Å². The molecule has 0 unspecified atom stereocenters. The molecule has 0 saturated carbocycles. The average molecular weight is 309 g/mol. The summed E-state index contributed by atoms with van der Waals surface area (Å²) in [6.07, 6.45) is 2.49. The summed E-state index contributed by atoms with van der Waals surface area (Å²) in [6, 6.07) is 14.1. The zero-order valence-electron chi connectivity index (χ0n) is 13.1. The zero-order chi connectivity index (χ0) is 16.1. The maximum atomic E-state index is 11.0. The van der Waals surface area contributed by atoms with Crippen molar-refractivity contribution < 1.29 is 9.53 Å². The SMILES string of the molecule is CCCc1c(C=O)nnn1CCOc1cccc2ccccc12. The first-order valence-electron chi connectivity index (χ1n) is 7.81. The molecule has 0 radical (unpaired) electrons. The molecule has 0 aliphatic carbocycles. The molecule has 5 heteroatoms. The van der Waals surface area contributed by atoms with E-state index in [4.69, 9.17) is 4.74 Å². The fourth-order valence-electron chi connectivity index (χ4n) is 2.67.